The van der Waals surface area contributed by atoms with Crippen molar-refractivity contribution in [2.75, 3.05) is 7.11 Å². The fourth-order valence-corrected chi connectivity index (χ4v) is 2.15. The van der Waals surface area contributed by atoms with Crippen molar-refractivity contribution in [3.8, 4) is 5.75 Å². The summed E-state index contributed by atoms with van der Waals surface area (Å²) in [5.74, 6) is 1.65. The van der Waals surface area contributed by atoms with Crippen LogP contribution >= 0.6 is 0 Å². The topological polar surface area (TPSA) is 47.3 Å². The second-order valence-electron chi connectivity index (χ2n) is 4.52. The Kier molecular flexibility index (Phi) is 3.65. The fraction of sp³-hybridized carbons (Fsp3) is 0.188. The van der Waals surface area contributed by atoms with Gasteiger partial charge in [-0.1, -0.05) is 18.2 Å². The third-order valence-corrected chi connectivity index (χ3v) is 3.11. The molecule has 0 aliphatic heterocycles. The van der Waals surface area contributed by atoms with Crippen LogP contribution < -0.4 is 10.1 Å². The van der Waals surface area contributed by atoms with Crippen molar-refractivity contribution in [2.45, 2.75) is 13.1 Å². The maximum Gasteiger partial charge on any atom is 0.176 e. The number of para-hydroxylation sites is 1. The molecule has 20 heavy (non-hydrogen) atoms. The number of ether oxygens (including phenoxy) is 1. The number of fused-ring (bicyclic) bond motifs is 1. The van der Waals surface area contributed by atoms with Crippen LogP contribution in [0.1, 0.15) is 11.5 Å². The SMILES string of the molecule is COc1cccc2cc(CNCc3ccccn3)oc12. The van der Waals surface area contributed by atoms with E-state index in [9.17, 15) is 0 Å². The molecule has 0 aliphatic carbocycles. The van der Waals surface area contributed by atoms with Gasteiger partial charge in [0.1, 0.15) is 5.76 Å². The minimum atomic E-state index is 0.661. The van der Waals surface area contributed by atoms with Gasteiger partial charge in [0.2, 0.25) is 0 Å². The maximum absolute atomic E-state index is 5.82. The molecule has 0 spiro atoms. The molecule has 102 valence electrons. The summed E-state index contributed by atoms with van der Waals surface area (Å²) in [6, 6.07) is 13.8. The van der Waals surface area contributed by atoms with Gasteiger partial charge in [0.05, 0.1) is 19.3 Å². The van der Waals surface area contributed by atoms with Crippen molar-refractivity contribution in [1.82, 2.24) is 10.3 Å². The van der Waals surface area contributed by atoms with Crippen LogP contribution in [-0.2, 0) is 13.1 Å². The highest BCUT2D eigenvalue weighted by molar-refractivity contribution is 5.83. The highest BCUT2D eigenvalue weighted by Gasteiger charge is 2.08. The Bertz CT molecular complexity index is 692. The quantitative estimate of drug-likeness (QED) is 0.772. The summed E-state index contributed by atoms with van der Waals surface area (Å²) in [5, 5.41) is 4.37. The number of nitrogens with one attached hydrogen (secondary N) is 1. The standard InChI is InChI=1S/C16H16N2O2/c1-19-15-7-4-5-12-9-14(20-16(12)15)11-17-10-13-6-2-3-8-18-13/h2-9,17H,10-11H2,1H3. The van der Waals surface area contributed by atoms with Crippen LogP contribution in [0.4, 0.5) is 0 Å². The second kappa shape index (κ2) is 5.75. The lowest BCUT2D eigenvalue weighted by atomic mass is 10.2. The van der Waals surface area contributed by atoms with Crippen molar-refractivity contribution in [3.05, 3.63) is 60.1 Å². The predicted molar refractivity (Wildman–Crippen MR) is 77.5 cm³/mol. The molecule has 3 rings (SSSR count). The van der Waals surface area contributed by atoms with Gasteiger partial charge in [0.15, 0.2) is 11.3 Å². The molecule has 0 unspecified atom stereocenters. The van der Waals surface area contributed by atoms with Gasteiger partial charge in [-0.15, -0.1) is 0 Å². The highest BCUT2D eigenvalue weighted by atomic mass is 16.5. The molecule has 0 bridgehead atoms. The smallest absolute Gasteiger partial charge is 0.176 e. The van der Waals surface area contributed by atoms with Crippen molar-refractivity contribution in [3.63, 3.8) is 0 Å². The minimum Gasteiger partial charge on any atom is -0.493 e. The van der Waals surface area contributed by atoms with Crippen LogP contribution in [0, 0.1) is 0 Å². The van der Waals surface area contributed by atoms with Gasteiger partial charge in [0, 0.05) is 18.1 Å². The maximum atomic E-state index is 5.82. The number of aromatic nitrogens is 1. The minimum absolute atomic E-state index is 0.661. The van der Waals surface area contributed by atoms with Crippen molar-refractivity contribution in [1.29, 1.82) is 0 Å². The molecule has 4 nitrogen and oxygen atoms in total. The van der Waals surface area contributed by atoms with E-state index in [4.69, 9.17) is 9.15 Å². The first-order valence-corrected chi connectivity index (χ1v) is 6.53. The van der Waals surface area contributed by atoms with E-state index in [-0.39, 0.29) is 0 Å². The Morgan fingerprint density at radius 2 is 2.10 bits per heavy atom. The van der Waals surface area contributed by atoms with E-state index in [0.717, 1.165) is 34.7 Å². The fourth-order valence-electron chi connectivity index (χ4n) is 2.15. The molecule has 3 aromatic rings. The Hall–Kier alpha value is -2.33. The van der Waals surface area contributed by atoms with Crippen LogP contribution in [0.2, 0.25) is 0 Å². The second-order valence-corrected chi connectivity index (χ2v) is 4.52. The molecule has 0 amide bonds. The number of nitrogens with zero attached hydrogens (tertiary/aromatic N) is 1. The number of hydrogen-bond acceptors (Lipinski definition) is 4. The molecule has 0 radical (unpaired) electrons. The first-order valence-electron chi connectivity index (χ1n) is 6.53. The number of methoxy groups -OCH3 is 1. The number of pyridine rings is 1. The Morgan fingerprint density at radius 3 is 2.90 bits per heavy atom. The molecular formula is C16H16N2O2. The van der Waals surface area contributed by atoms with Gasteiger partial charge in [0.25, 0.3) is 0 Å². The summed E-state index contributed by atoms with van der Waals surface area (Å²) in [6.45, 7) is 1.38. The third kappa shape index (κ3) is 2.65. The number of benzene rings is 1. The number of furan rings is 1. The molecule has 0 aliphatic rings. The van der Waals surface area contributed by atoms with Crippen LogP contribution in [0.3, 0.4) is 0 Å². The van der Waals surface area contributed by atoms with E-state index >= 15 is 0 Å². The Balaban J connectivity index is 1.69. The zero-order chi connectivity index (χ0) is 13.8. The molecule has 2 aromatic heterocycles. The van der Waals surface area contributed by atoms with E-state index in [0.29, 0.717) is 6.54 Å². The van der Waals surface area contributed by atoms with Gasteiger partial charge in [-0.2, -0.15) is 0 Å². The van der Waals surface area contributed by atoms with Crippen molar-refractivity contribution >= 4 is 11.0 Å². The van der Waals surface area contributed by atoms with Gasteiger partial charge in [-0.25, -0.2) is 0 Å². The normalized spacial score (nSPS) is 10.8. The highest BCUT2D eigenvalue weighted by Crippen LogP contribution is 2.28. The molecule has 0 atom stereocenters. The molecule has 0 saturated heterocycles. The zero-order valence-corrected chi connectivity index (χ0v) is 11.3. The molecule has 0 fully saturated rings. The summed E-state index contributed by atoms with van der Waals surface area (Å²) in [5.41, 5.74) is 1.81. The largest absolute Gasteiger partial charge is 0.493 e. The third-order valence-electron chi connectivity index (χ3n) is 3.11. The molecule has 2 heterocycles. The molecular weight excluding hydrogens is 252 g/mol. The van der Waals surface area contributed by atoms with E-state index < -0.39 is 0 Å². The van der Waals surface area contributed by atoms with Gasteiger partial charge >= 0.3 is 0 Å². The Morgan fingerprint density at radius 1 is 1.15 bits per heavy atom. The van der Waals surface area contributed by atoms with Gasteiger partial charge in [-0.3, -0.25) is 4.98 Å². The molecule has 0 saturated carbocycles. The molecule has 4 heteroatoms. The zero-order valence-electron chi connectivity index (χ0n) is 11.3. The van der Waals surface area contributed by atoms with E-state index in [2.05, 4.69) is 10.3 Å². The van der Waals surface area contributed by atoms with Gasteiger partial charge < -0.3 is 14.5 Å². The van der Waals surface area contributed by atoms with Crippen LogP contribution in [0.25, 0.3) is 11.0 Å². The average molecular weight is 268 g/mol. The van der Waals surface area contributed by atoms with Crippen LogP contribution in [0.15, 0.2) is 53.1 Å². The van der Waals surface area contributed by atoms with E-state index in [1.807, 2.05) is 42.5 Å². The van der Waals surface area contributed by atoms with Crippen LogP contribution in [-0.4, -0.2) is 12.1 Å². The van der Waals surface area contributed by atoms with E-state index in [1.54, 1.807) is 13.3 Å². The first kappa shape index (κ1) is 12.7. The lowest BCUT2D eigenvalue weighted by Crippen LogP contribution is -2.12. The van der Waals surface area contributed by atoms with Crippen molar-refractivity contribution < 1.29 is 9.15 Å². The molecule has 1 aromatic carbocycles. The average Bonchev–Trinajstić information content (AvgIpc) is 2.91. The monoisotopic (exact) mass is 268 g/mol. The summed E-state index contributed by atoms with van der Waals surface area (Å²) in [6.07, 6.45) is 1.79. The predicted octanol–water partition coefficient (Wildman–Crippen LogP) is 3.13. The Labute approximate surface area is 117 Å². The van der Waals surface area contributed by atoms with E-state index in [1.165, 1.54) is 0 Å². The lowest BCUT2D eigenvalue weighted by molar-refractivity contribution is 0.406. The van der Waals surface area contributed by atoms with Crippen molar-refractivity contribution in [2.24, 2.45) is 0 Å². The first-order chi connectivity index (χ1) is 9.86. The lowest BCUT2D eigenvalue weighted by Gasteiger charge is -2.01. The number of hydrogen-bond donors (Lipinski definition) is 1. The number of rotatable bonds is 5. The van der Waals surface area contributed by atoms with Gasteiger partial charge in [-0.05, 0) is 24.3 Å². The summed E-state index contributed by atoms with van der Waals surface area (Å²) >= 11 is 0. The summed E-state index contributed by atoms with van der Waals surface area (Å²) in [4.78, 5) is 4.27. The summed E-state index contributed by atoms with van der Waals surface area (Å²) in [7, 11) is 1.65. The summed E-state index contributed by atoms with van der Waals surface area (Å²) < 4.78 is 11.1. The van der Waals surface area contributed by atoms with Crippen LogP contribution in [0.5, 0.6) is 5.75 Å². The molecule has 1 N–H and O–H groups in total.